The predicted molar refractivity (Wildman–Crippen MR) is 135 cm³/mol. The standard InChI is InChI=1S/C27H34N2O5Si/c1-17-25(35(3,4)33)23(34-27(17)21-11-7-8-12-22(21)28(2)26(27)32)14-24(31)29-15-19-10-6-5-9-18(19)13-20(29)16-30/h5-12,17,20,23,25,30,33H,13-16H2,1-4H3/t17-,20-,23+,25-,27+/m0/s1. The average molecular weight is 495 g/mol. The second-order valence-electron chi connectivity index (χ2n) is 10.8. The van der Waals surface area contributed by atoms with Gasteiger partial charge in [0, 0.05) is 30.6 Å². The van der Waals surface area contributed by atoms with Crippen LogP contribution in [0.3, 0.4) is 0 Å². The number of hydrogen-bond acceptors (Lipinski definition) is 5. The van der Waals surface area contributed by atoms with E-state index in [1.54, 1.807) is 16.8 Å². The van der Waals surface area contributed by atoms with Crippen LogP contribution in [-0.4, -0.2) is 60.7 Å². The summed E-state index contributed by atoms with van der Waals surface area (Å²) in [5.74, 6) is -0.561. The number of benzene rings is 2. The smallest absolute Gasteiger partial charge is 0.264 e. The zero-order valence-electron chi connectivity index (χ0n) is 20.8. The number of aliphatic hydroxyl groups excluding tert-OH is 1. The minimum Gasteiger partial charge on any atom is -0.432 e. The van der Waals surface area contributed by atoms with Crippen LogP contribution >= 0.6 is 0 Å². The van der Waals surface area contributed by atoms with E-state index in [9.17, 15) is 19.5 Å². The maximum absolute atomic E-state index is 13.7. The summed E-state index contributed by atoms with van der Waals surface area (Å²) in [4.78, 5) is 42.0. The van der Waals surface area contributed by atoms with E-state index in [-0.39, 0.29) is 42.3 Å². The van der Waals surface area contributed by atoms with E-state index in [0.29, 0.717) is 13.0 Å². The molecule has 2 aromatic rings. The van der Waals surface area contributed by atoms with Gasteiger partial charge in [0.2, 0.25) is 5.91 Å². The first-order valence-electron chi connectivity index (χ1n) is 12.3. The van der Waals surface area contributed by atoms with Crippen LogP contribution in [0.2, 0.25) is 18.6 Å². The number of fused-ring (bicyclic) bond motifs is 3. The van der Waals surface area contributed by atoms with E-state index in [1.165, 1.54) is 0 Å². The lowest BCUT2D eigenvalue weighted by atomic mass is 9.82. The molecule has 3 aliphatic heterocycles. The lowest BCUT2D eigenvalue weighted by molar-refractivity contribution is -0.150. The third-order valence-corrected chi connectivity index (χ3v) is 10.8. The van der Waals surface area contributed by atoms with Gasteiger partial charge in [-0.25, -0.2) is 0 Å². The van der Waals surface area contributed by atoms with Crippen molar-refractivity contribution in [2.75, 3.05) is 18.6 Å². The number of carbonyl (C=O) groups is 2. The lowest BCUT2D eigenvalue weighted by Gasteiger charge is -2.37. The van der Waals surface area contributed by atoms with Crippen molar-refractivity contribution in [2.45, 2.75) is 62.7 Å². The molecule has 7 nitrogen and oxygen atoms in total. The van der Waals surface area contributed by atoms with Gasteiger partial charge in [0.05, 0.1) is 30.9 Å². The topological polar surface area (TPSA) is 90.3 Å². The molecule has 2 N–H and O–H groups in total. The maximum atomic E-state index is 13.7. The Balaban J connectivity index is 1.48. The highest BCUT2D eigenvalue weighted by atomic mass is 28.4. The first-order valence-corrected chi connectivity index (χ1v) is 15.4. The van der Waals surface area contributed by atoms with Gasteiger partial charge in [0.1, 0.15) is 0 Å². The molecule has 1 spiro atoms. The molecule has 186 valence electrons. The summed E-state index contributed by atoms with van der Waals surface area (Å²) in [6, 6.07) is 15.3. The van der Waals surface area contributed by atoms with Crippen LogP contribution in [0.4, 0.5) is 5.69 Å². The molecule has 0 radical (unpaired) electrons. The van der Waals surface area contributed by atoms with Gasteiger partial charge in [0.15, 0.2) is 13.9 Å². The molecule has 0 aromatic heterocycles. The summed E-state index contributed by atoms with van der Waals surface area (Å²) in [5, 5.41) is 10.1. The summed E-state index contributed by atoms with van der Waals surface area (Å²) in [5.41, 5.74) is 2.33. The molecule has 0 saturated carbocycles. The molecule has 3 aliphatic rings. The third kappa shape index (κ3) is 3.66. The molecule has 35 heavy (non-hydrogen) atoms. The van der Waals surface area contributed by atoms with Crippen molar-refractivity contribution in [3.8, 4) is 0 Å². The summed E-state index contributed by atoms with van der Waals surface area (Å²) < 4.78 is 6.64. The second kappa shape index (κ2) is 8.55. The Morgan fingerprint density at radius 1 is 1.14 bits per heavy atom. The first kappa shape index (κ1) is 24.2. The van der Waals surface area contributed by atoms with Gasteiger partial charge in [0.25, 0.3) is 5.91 Å². The molecule has 0 aliphatic carbocycles. The Labute approximate surface area is 207 Å². The highest BCUT2D eigenvalue weighted by molar-refractivity contribution is 6.71. The van der Waals surface area contributed by atoms with E-state index in [0.717, 1.165) is 22.4 Å². The minimum atomic E-state index is -2.83. The van der Waals surface area contributed by atoms with E-state index in [2.05, 4.69) is 0 Å². The Kier molecular flexibility index (Phi) is 5.91. The molecule has 2 aromatic carbocycles. The number of hydrogen-bond donors (Lipinski definition) is 2. The van der Waals surface area contributed by atoms with Gasteiger partial charge in [-0.1, -0.05) is 49.4 Å². The van der Waals surface area contributed by atoms with Crippen molar-refractivity contribution >= 4 is 25.8 Å². The molecule has 2 amide bonds. The molecule has 8 heteroatoms. The summed E-state index contributed by atoms with van der Waals surface area (Å²) in [6.45, 7) is 6.00. The maximum Gasteiger partial charge on any atom is 0.264 e. The second-order valence-corrected chi connectivity index (χ2v) is 14.8. The number of rotatable bonds is 4. The van der Waals surface area contributed by atoms with Crippen molar-refractivity contribution in [2.24, 2.45) is 5.92 Å². The van der Waals surface area contributed by atoms with Gasteiger partial charge >= 0.3 is 0 Å². The minimum absolute atomic E-state index is 0.0611. The van der Waals surface area contributed by atoms with E-state index >= 15 is 0 Å². The molecular weight excluding hydrogens is 460 g/mol. The quantitative estimate of drug-likeness (QED) is 0.638. The Morgan fingerprint density at radius 2 is 1.80 bits per heavy atom. The molecule has 0 bridgehead atoms. The van der Waals surface area contributed by atoms with Crippen LogP contribution in [-0.2, 0) is 32.9 Å². The number of ether oxygens (including phenoxy) is 1. The zero-order chi connectivity index (χ0) is 25.1. The van der Waals surface area contributed by atoms with E-state index in [4.69, 9.17) is 4.74 Å². The van der Waals surface area contributed by atoms with Crippen LogP contribution in [0.1, 0.15) is 30.0 Å². The van der Waals surface area contributed by atoms with Crippen molar-refractivity contribution < 1.29 is 24.2 Å². The number of aliphatic hydroxyl groups is 1. The fourth-order valence-corrected chi connectivity index (χ4v) is 9.22. The summed E-state index contributed by atoms with van der Waals surface area (Å²) >= 11 is 0. The number of carbonyl (C=O) groups excluding carboxylic acids is 2. The van der Waals surface area contributed by atoms with Gasteiger partial charge in [-0.05, 0) is 36.7 Å². The number of anilines is 1. The largest absolute Gasteiger partial charge is 0.432 e. The van der Waals surface area contributed by atoms with Crippen LogP contribution in [0.15, 0.2) is 48.5 Å². The average Bonchev–Trinajstić information content (AvgIpc) is 3.25. The molecule has 0 unspecified atom stereocenters. The molecule has 1 saturated heterocycles. The van der Waals surface area contributed by atoms with Gasteiger partial charge < -0.3 is 24.4 Å². The van der Waals surface area contributed by atoms with Crippen molar-refractivity contribution in [3.05, 3.63) is 65.2 Å². The normalized spacial score (nSPS) is 30.1. The molecule has 1 fully saturated rings. The van der Waals surface area contributed by atoms with Crippen LogP contribution in [0, 0.1) is 5.92 Å². The number of para-hydroxylation sites is 1. The Bertz CT molecular complexity index is 1160. The van der Waals surface area contributed by atoms with Crippen LogP contribution in [0.5, 0.6) is 0 Å². The van der Waals surface area contributed by atoms with Crippen molar-refractivity contribution in [1.29, 1.82) is 0 Å². The summed E-state index contributed by atoms with van der Waals surface area (Å²) in [7, 11) is -1.08. The number of nitrogens with zero attached hydrogens (tertiary/aromatic N) is 2. The Morgan fingerprint density at radius 3 is 2.49 bits per heavy atom. The predicted octanol–water partition coefficient (Wildman–Crippen LogP) is 2.80. The van der Waals surface area contributed by atoms with E-state index < -0.39 is 20.0 Å². The SMILES string of the molecule is C[C@H]1[C@H]([Si](C)(C)O)[C@@H](CC(=O)N2Cc3ccccc3C[C@H]2CO)O[C@]12C(=O)N(C)c1ccccc12. The van der Waals surface area contributed by atoms with Crippen molar-refractivity contribution in [1.82, 2.24) is 4.90 Å². The fourth-order valence-electron chi connectivity index (χ4n) is 6.67. The van der Waals surface area contributed by atoms with Crippen LogP contribution in [0.25, 0.3) is 0 Å². The Hall–Kier alpha value is -2.52. The molecule has 5 rings (SSSR count). The first-order chi connectivity index (χ1) is 16.6. The van der Waals surface area contributed by atoms with E-state index in [1.807, 2.05) is 68.5 Å². The van der Waals surface area contributed by atoms with Gasteiger partial charge in [-0.15, -0.1) is 0 Å². The number of likely N-dealkylation sites (N-methyl/N-ethyl adjacent to an activating group) is 1. The lowest BCUT2D eigenvalue weighted by Crippen LogP contribution is -2.48. The zero-order valence-corrected chi connectivity index (χ0v) is 21.8. The molecular formula is C27H34N2O5Si. The molecule has 5 atom stereocenters. The fraction of sp³-hybridized carbons (Fsp3) is 0.481. The van der Waals surface area contributed by atoms with Gasteiger partial charge in [-0.2, -0.15) is 0 Å². The van der Waals surface area contributed by atoms with Crippen molar-refractivity contribution in [3.63, 3.8) is 0 Å². The monoisotopic (exact) mass is 494 g/mol. The van der Waals surface area contributed by atoms with Crippen LogP contribution < -0.4 is 4.90 Å². The highest BCUT2D eigenvalue weighted by Crippen LogP contribution is 2.59. The summed E-state index contributed by atoms with van der Waals surface area (Å²) in [6.07, 6.45) is 0.0695. The number of amides is 2. The molecule has 3 heterocycles. The third-order valence-electron chi connectivity index (χ3n) is 8.28. The highest BCUT2D eigenvalue weighted by Gasteiger charge is 2.66. The van der Waals surface area contributed by atoms with Gasteiger partial charge in [-0.3, -0.25) is 9.59 Å².